The van der Waals surface area contributed by atoms with Crippen LogP contribution in [0.3, 0.4) is 0 Å². The molecule has 5 heteroatoms. The fourth-order valence-electron chi connectivity index (χ4n) is 1.86. The van der Waals surface area contributed by atoms with Crippen molar-refractivity contribution in [1.29, 1.82) is 5.26 Å². The maximum Gasteiger partial charge on any atom is 0.158 e. The number of hydrogen-bond donors (Lipinski definition) is 0. The molecule has 0 aromatic heterocycles. The monoisotopic (exact) mass is 242 g/mol. The Labute approximate surface area is 103 Å². The molecule has 0 aliphatic carbocycles. The summed E-state index contributed by atoms with van der Waals surface area (Å²) in [4.78, 5) is 2.22. The van der Waals surface area contributed by atoms with Crippen molar-refractivity contribution in [2.75, 3.05) is 39.5 Å². The van der Waals surface area contributed by atoms with E-state index in [9.17, 15) is 0 Å². The highest BCUT2D eigenvalue weighted by Crippen LogP contribution is 2.08. The lowest BCUT2D eigenvalue weighted by molar-refractivity contribution is -0.143. The van der Waals surface area contributed by atoms with Crippen LogP contribution in [0.2, 0.25) is 0 Å². The predicted octanol–water partition coefficient (Wildman–Crippen LogP) is 1.000. The molecular weight excluding hydrogens is 220 g/mol. The van der Waals surface area contributed by atoms with Gasteiger partial charge in [0.25, 0.3) is 0 Å². The van der Waals surface area contributed by atoms with Gasteiger partial charge in [0.1, 0.15) is 0 Å². The molecule has 1 aliphatic heterocycles. The van der Waals surface area contributed by atoms with E-state index in [0.29, 0.717) is 26.4 Å². The van der Waals surface area contributed by atoms with Gasteiger partial charge in [-0.3, -0.25) is 4.90 Å². The molecule has 0 aromatic carbocycles. The van der Waals surface area contributed by atoms with Crippen molar-refractivity contribution < 1.29 is 14.2 Å². The number of hydrogen-bond acceptors (Lipinski definition) is 5. The molecule has 0 amide bonds. The first-order valence-electron chi connectivity index (χ1n) is 6.26. The standard InChI is InChI=1S/C12H22N2O3/c1-3-15-12(16-4-2)5-6-14-7-8-17-11(9-13)10-14/h11-12H,3-8,10H2,1-2H3. The van der Waals surface area contributed by atoms with Gasteiger partial charge in [0.15, 0.2) is 12.4 Å². The van der Waals surface area contributed by atoms with Gasteiger partial charge in [0.2, 0.25) is 0 Å². The molecular formula is C12H22N2O3. The van der Waals surface area contributed by atoms with Crippen molar-refractivity contribution >= 4 is 0 Å². The molecule has 1 unspecified atom stereocenters. The molecule has 1 rings (SSSR count). The van der Waals surface area contributed by atoms with Crippen LogP contribution >= 0.6 is 0 Å². The van der Waals surface area contributed by atoms with Gasteiger partial charge in [-0.2, -0.15) is 5.26 Å². The number of nitriles is 1. The molecule has 0 spiro atoms. The van der Waals surface area contributed by atoms with Gasteiger partial charge in [-0.25, -0.2) is 0 Å². The summed E-state index contributed by atoms with van der Waals surface area (Å²) in [6, 6.07) is 2.15. The van der Waals surface area contributed by atoms with E-state index in [1.165, 1.54) is 0 Å². The fraction of sp³-hybridized carbons (Fsp3) is 0.917. The summed E-state index contributed by atoms with van der Waals surface area (Å²) >= 11 is 0. The van der Waals surface area contributed by atoms with Crippen molar-refractivity contribution in [3.63, 3.8) is 0 Å². The van der Waals surface area contributed by atoms with Gasteiger partial charge in [-0.05, 0) is 13.8 Å². The Morgan fingerprint density at radius 3 is 2.71 bits per heavy atom. The van der Waals surface area contributed by atoms with Gasteiger partial charge in [0, 0.05) is 39.3 Å². The third-order valence-electron chi connectivity index (χ3n) is 2.68. The Balaban J connectivity index is 2.25. The average Bonchev–Trinajstić information content (AvgIpc) is 2.37. The van der Waals surface area contributed by atoms with Gasteiger partial charge in [-0.1, -0.05) is 0 Å². The molecule has 0 radical (unpaired) electrons. The summed E-state index contributed by atoms with van der Waals surface area (Å²) in [7, 11) is 0. The molecule has 98 valence electrons. The topological polar surface area (TPSA) is 54.7 Å². The van der Waals surface area contributed by atoms with Crippen LogP contribution in [-0.4, -0.2) is 56.7 Å². The summed E-state index contributed by atoms with van der Waals surface area (Å²) in [5.41, 5.74) is 0. The zero-order valence-corrected chi connectivity index (χ0v) is 10.7. The first-order chi connectivity index (χ1) is 8.30. The van der Waals surface area contributed by atoms with Crippen LogP contribution in [0, 0.1) is 11.3 Å². The smallest absolute Gasteiger partial charge is 0.158 e. The molecule has 0 aromatic rings. The first-order valence-corrected chi connectivity index (χ1v) is 6.26. The highest BCUT2D eigenvalue weighted by molar-refractivity contribution is 4.89. The Hall–Kier alpha value is -0.670. The molecule has 17 heavy (non-hydrogen) atoms. The predicted molar refractivity (Wildman–Crippen MR) is 63.5 cm³/mol. The quantitative estimate of drug-likeness (QED) is 0.623. The Kier molecular flexibility index (Phi) is 7.13. The Bertz CT molecular complexity index is 236. The summed E-state index contributed by atoms with van der Waals surface area (Å²) in [5.74, 6) is 0. The normalized spacial score (nSPS) is 21.6. The van der Waals surface area contributed by atoms with E-state index in [1.807, 2.05) is 13.8 Å². The van der Waals surface area contributed by atoms with E-state index >= 15 is 0 Å². The van der Waals surface area contributed by atoms with E-state index in [-0.39, 0.29) is 12.4 Å². The molecule has 1 aliphatic rings. The molecule has 0 N–H and O–H groups in total. The van der Waals surface area contributed by atoms with Crippen LogP contribution < -0.4 is 0 Å². The van der Waals surface area contributed by atoms with E-state index in [0.717, 1.165) is 19.5 Å². The van der Waals surface area contributed by atoms with Crippen LogP contribution in [0.5, 0.6) is 0 Å². The van der Waals surface area contributed by atoms with Crippen molar-refractivity contribution in [2.45, 2.75) is 32.7 Å². The Morgan fingerprint density at radius 1 is 1.41 bits per heavy atom. The van der Waals surface area contributed by atoms with E-state index in [4.69, 9.17) is 19.5 Å². The second-order valence-corrected chi connectivity index (χ2v) is 3.92. The summed E-state index contributed by atoms with van der Waals surface area (Å²) in [5, 5.41) is 8.80. The first kappa shape index (κ1) is 14.4. The minimum atomic E-state index is -0.290. The van der Waals surface area contributed by atoms with Crippen LogP contribution in [0.25, 0.3) is 0 Å². The largest absolute Gasteiger partial charge is 0.361 e. The van der Waals surface area contributed by atoms with Gasteiger partial charge < -0.3 is 14.2 Å². The van der Waals surface area contributed by atoms with Crippen LogP contribution in [0.4, 0.5) is 0 Å². The van der Waals surface area contributed by atoms with E-state index in [1.54, 1.807) is 0 Å². The van der Waals surface area contributed by atoms with Crippen molar-refractivity contribution in [3.8, 4) is 6.07 Å². The van der Waals surface area contributed by atoms with Crippen LogP contribution in [0.1, 0.15) is 20.3 Å². The molecule has 1 saturated heterocycles. The van der Waals surface area contributed by atoms with E-state index in [2.05, 4.69) is 11.0 Å². The molecule has 1 fully saturated rings. The van der Waals surface area contributed by atoms with Crippen molar-refractivity contribution in [1.82, 2.24) is 4.90 Å². The minimum absolute atomic E-state index is 0.131. The molecule has 5 nitrogen and oxygen atoms in total. The highest BCUT2D eigenvalue weighted by atomic mass is 16.7. The maximum atomic E-state index is 8.80. The fourth-order valence-corrected chi connectivity index (χ4v) is 1.86. The number of nitrogens with zero attached hydrogens (tertiary/aromatic N) is 2. The lowest BCUT2D eigenvalue weighted by Crippen LogP contribution is -2.43. The van der Waals surface area contributed by atoms with E-state index < -0.39 is 0 Å². The molecule has 1 atom stereocenters. The molecule has 0 bridgehead atoms. The summed E-state index contributed by atoms with van der Waals surface area (Å²) in [6.45, 7) is 8.32. The zero-order chi connectivity index (χ0) is 12.5. The van der Waals surface area contributed by atoms with Crippen LogP contribution in [0.15, 0.2) is 0 Å². The molecule has 0 saturated carbocycles. The van der Waals surface area contributed by atoms with Gasteiger partial charge in [-0.15, -0.1) is 0 Å². The molecule has 1 heterocycles. The SMILES string of the molecule is CCOC(CCN1CCOC(C#N)C1)OCC. The average molecular weight is 242 g/mol. The summed E-state index contributed by atoms with van der Waals surface area (Å²) in [6.07, 6.45) is 0.412. The third-order valence-corrected chi connectivity index (χ3v) is 2.68. The highest BCUT2D eigenvalue weighted by Gasteiger charge is 2.20. The minimum Gasteiger partial charge on any atom is -0.361 e. The van der Waals surface area contributed by atoms with Crippen LogP contribution in [-0.2, 0) is 14.2 Å². The van der Waals surface area contributed by atoms with Gasteiger partial charge in [0.05, 0.1) is 12.7 Å². The second-order valence-electron chi connectivity index (χ2n) is 3.92. The number of morpholine rings is 1. The number of rotatable bonds is 7. The number of ether oxygens (including phenoxy) is 3. The van der Waals surface area contributed by atoms with Crippen molar-refractivity contribution in [3.05, 3.63) is 0 Å². The lowest BCUT2D eigenvalue weighted by atomic mass is 10.2. The van der Waals surface area contributed by atoms with Crippen molar-refractivity contribution in [2.24, 2.45) is 0 Å². The second kappa shape index (κ2) is 8.43. The van der Waals surface area contributed by atoms with Gasteiger partial charge >= 0.3 is 0 Å². The zero-order valence-electron chi connectivity index (χ0n) is 10.7. The third kappa shape index (κ3) is 5.46. The lowest BCUT2D eigenvalue weighted by Gasteiger charge is -2.30. The summed E-state index contributed by atoms with van der Waals surface area (Å²) < 4.78 is 16.3. The Morgan fingerprint density at radius 2 is 2.12 bits per heavy atom. The maximum absolute atomic E-state index is 8.80.